The molecule has 4 aliphatic rings. The molecular formula is C81H113ClN4O16. The van der Waals surface area contributed by atoms with Crippen molar-refractivity contribution >= 4 is 58.6 Å². The number of esters is 2. The Hall–Kier alpha value is -6.80. The predicted octanol–water partition coefficient (Wildman–Crippen LogP) is 10.9. The van der Waals surface area contributed by atoms with E-state index in [-0.39, 0.29) is 54.6 Å². The number of benzene rings is 3. The molecule has 2 aliphatic carbocycles. The number of amides is 4. The smallest absolute Gasteiger partial charge is 0.328 e. The topological polar surface area (TPSA) is 238 Å². The zero-order valence-electron chi connectivity index (χ0n) is 62.3. The number of unbranched alkanes of at least 4 members (excludes halogenated alkanes) is 3. The van der Waals surface area contributed by atoms with Gasteiger partial charge >= 0.3 is 11.9 Å². The molecule has 2 fully saturated rings. The maximum absolute atomic E-state index is 14.5. The van der Waals surface area contributed by atoms with Crippen molar-refractivity contribution in [3.63, 3.8) is 0 Å². The molecule has 3 aromatic rings. The van der Waals surface area contributed by atoms with Crippen LogP contribution in [-0.4, -0.2) is 203 Å². The first kappa shape index (κ1) is 82.5. The summed E-state index contributed by atoms with van der Waals surface area (Å²) in [6.07, 6.45) is 11.7. The van der Waals surface area contributed by atoms with E-state index < -0.39 is 71.7 Å². The number of aliphatic hydroxyl groups is 2. The van der Waals surface area contributed by atoms with E-state index in [0.29, 0.717) is 121 Å². The van der Waals surface area contributed by atoms with Crippen LogP contribution in [0.5, 0.6) is 0 Å². The number of Topliss-reactive ketones (excluding diaryl/α,β-unsaturated/α-hetero) is 1. The normalized spacial score (nSPS) is 25.0. The third-order valence-corrected chi connectivity index (χ3v) is 21.9. The average molecular weight is 1430 g/mol. The minimum Gasteiger partial charge on any atom is -0.462 e. The van der Waals surface area contributed by atoms with Gasteiger partial charge in [0.15, 0.2) is 0 Å². The zero-order valence-corrected chi connectivity index (χ0v) is 63.0. The lowest BCUT2D eigenvalue weighted by molar-refractivity contribution is -0.199. The molecule has 1 saturated carbocycles. The third-order valence-electron chi connectivity index (χ3n) is 21.5. The van der Waals surface area contributed by atoms with Crippen LogP contribution < -0.4 is 4.90 Å². The molecule has 0 spiro atoms. The summed E-state index contributed by atoms with van der Waals surface area (Å²) in [5.41, 5.74) is 3.44. The molecular weight excluding hydrogens is 1320 g/mol. The van der Waals surface area contributed by atoms with Crippen LogP contribution in [0, 0.1) is 42.4 Å². The number of fused-ring (bicyclic) bond motifs is 6. The number of hydrogen-bond donors (Lipinski definition) is 2. The maximum Gasteiger partial charge on any atom is 0.328 e. The summed E-state index contributed by atoms with van der Waals surface area (Å²) in [5.74, 6) is 3.17. The molecule has 4 amide bonds. The van der Waals surface area contributed by atoms with Gasteiger partial charge in [-0.15, -0.1) is 0 Å². The fraction of sp³-hybridized carbons (Fsp3) is 0.617. The zero-order chi connectivity index (χ0) is 74.1. The molecule has 1 saturated heterocycles. The highest BCUT2D eigenvalue weighted by Crippen LogP contribution is 2.42. The molecule has 7 rings (SSSR count). The molecule has 21 heteroatoms. The van der Waals surface area contributed by atoms with Crippen LogP contribution in [0.25, 0.3) is 0 Å². The molecule has 2 N–H and O–H groups in total. The van der Waals surface area contributed by atoms with Crippen molar-refractivity contribution in [2.45, 2.75) is 199 Å². The van der Waals surface area contributed by atoms with E-state index in [1.165, 1.54) is 23.8 Å². The van der Waals surface area contributed by atoms with Crippen molar-refractivity contribution in [2.24, 2.45) is 23.7 Å². The number of halogens is 1. The lowest BCUT2D eigenvalue weighted by Crippen LogP contribution is -2.57. The van der Waals surface area contributed by atoms with E-state index in [1.807, 2.05) is 74.5 Å². The number of aryl methyl sites for hydroxylation is 1. The van der Waals surface area contributed by atoms with Gasteiger partial charge in [0, 0.05) is 90.6 Å². The Morgan fingerprint density at radius 3 is 2.07 bits per heavy atom. The molecule has 560 valence electrons. The van der Waals surface area contributed by atoms with Gasteiger partial charge in [-0.3, -0.25) is 28.8 Å². The summed E-state index contributed by atoms with van der Waals surface area (Å²) in [6, 6.07) is 18.7. The van der Waals surface area contributed by atoms with Gasteiger partial charge < -0.3 is 63.0 Å². The first-order chi connectivity index (χ1) is 48.7. The van der Waals surface area contributed by atoms with E-state index in [0.717, 1.165) is 90.3 Å². The second-order valence-corrected chi connectivity index (χ2v) is 29.3. The van der Waals surface area contributed by atoms with Crippen molar-refractivity contribution in [1.29, 1.82) is 0 Å². The molecule has 4 bridgehead atoms. The number of nitrogens with zero attached hydrogens (tertiary/aromatic N) is 4. The van der Waals surface area contributed by atoms with E-state index in [9.17, 15) is 43.8 Å². The number of ketones is 1. The van der Waals surface area contributed by atoms with Crippen LogP contribution in [0.1, 0.15) is 177 Å². The van der Waals surface area contributed by atoms with Crippen LogP contribution in [0.3, 0.4) is 0 Å². The highest BCUT2D eigenvalue weighted by atomic mass is 35.5. The van der Waals surface area contributed by atoms with Crippen LogP contribution >= 0.6 is 11.6 Å². The van der Waals surface area contributed by atoms with Gasteiger partial charge in [-0.25, -0.2) is 4.79 Å². The first-order valence-electron chi connectivity index (χ1n) is 36.8. The number of allylic oxidation sites excluding steroid dienone is 3. The molecule has 9 atom stereocenters. The van der Waals surface area contributed by atoms with Crippen molar-refractivity contribution in [3.8, 4) is 11.8 Å². The Morgan fingerprint density at radius 2 is 1.37 bits per heavy atom. The third kappa shape index (κ3) is 23.9. The standard InChI is InChI=1S/C81H113ClN4O16/c1-55-22-21-29-71(96-11)81(95)53-70(101-76(91)54-81)57(3)58(4)80(6,94)72(52-75(90)86(10)68-50-61(48-55)49-56(2)77(68)82)102-79(93)59(5)85(9)78(92)64-33-31-60(32-34-64)23-14-19-30-73(88)84(8)39-41-98-43-45-100-47-46-99-44-42-97-40-37-74(89)83(7)38-20-12-13-28-69(87)67-51-65-26-16-15-24-62(65)35-36-63-25-17-18-27-66(63)67/h15-18,21-22,24-27,29,49-50,57-60,64,67,70-72,94-95H,12-14,19-20,23,28,30-34,37-48,51-54H2,1-11H3/b29-21+,55-22+/t57-,58-,59-,60?,64?,67?,70-,71+,72-,80+,81+/m0/s1. The van der Waals surface area contributed by atoms with Crippen molar-refractivity contribution in [2.75, 3.05) is 106 Å². The largest absolute Gasteiger partial charge is 0.462 e. The molecule has 1 unspecified atom stereocenters. The number of carbonyl (C=O) groups is 7. The van der Waals surface area contributed by atoms with Gasteiger partial charge in [0.2, 0.25) is 23.6 Å². The number of anilines is 1. The van der Waals surface area contributed by atoms with Crippen LogP contribution in [-0.2, 0) is 79.6 Å². The number of hydrogen-bond acceptors (Lipinski definition) is 16. The number of methoxy groups -OCH3 is 1. The van der Waals surface area contributed by atoms with Gasteiger partial charge in [0.25, 0.3) is 0 Å². The highest BCUT2D eigenvalue weighted by molar-refractivity contribution is 6.34. The molecule has 102 heavy (non-hydrogen) atoms. The summed E-state index contributed by atoms with van der Waals surface area (Å²) >= 11 is 6.88. The second-order valence-electron chi connectivity index (χ2n) is 28.9. The molecule has 2 heterocycles. The first-order valence-corrected chi connectivity index (χ1v) is 37.1. The van der Waals surface area contributed by atoms with Gasteiger partial charge in [-0.2, -0.15) is 0 Å². The quantitative estimate of drug-likeness (QED) is 0.0336. The molecule has 3 aromatic carbocycles. The summed E-state index contributed by atoms with van der Waals surface area (Å²) in [6.45, 7) is 14.4. The van der Waals surface area contributed by atoms with E-state index in [2.05, 4.69) is 17.9 Å². The van der Waals surface area contributed by atoms with Gasteiger partial charge in [0.1, 0.15) is 41.3 Å². The summed E-state index contributed by atoms with van der Waals surface area (Å²) in [7, 11) is 8.20. The predicted molar refractivity (Wildman–Crippen MR) is 393 cm³/mol. The Kier molecular flexibility index (Phi) is 32.7. The van der Waals surface area contributed by atoms with Crippen LogP contribution in [0.2, 0.25) is 5.02 Å². The van der Waals surface area contributed by atoms with E-state index >= 15 is 0 Å². The fourth-order valence-electron chi connectivity index (χ4n) is 14.2. The highest BCUT2D eigenvalue weighted by Gasteiger charge is 2.52. The summed E-state index contributed by atoms with van der Waals surface area (Å²) in [5, 5.41) is 25.1. The molecule has 20 nitrogen and oxygen atoms in total. The van der Waals surface area contributed by atoms with Gasteiger partial charge in [-0.05, 0) is 144 Å². The number of likely N-dealkylation sites (N-methyl/N-ethyl adjacent to an activating group) is 2. The SMILES string of the molecule is CO[C@@H]1/C=C/C=C(\C)Cc2cc(C)c(Cl)c(c2)N(C)C(=O)C[C@H](OC(=O)[C@H](C)N(C)C(=O)C2CCC(CCCCC(=O)N(C)CCOCCOCCOCCOCCC(=O)N(C)CCCCCC(=O)C3Cc4ccccc4C#Cc4ccccc43)CC2)[C@](C)(O)[C@@H](C)[C@H](C)[C@@H]2C[C@@]1(O)CC(=O)O2. The van der Waals surface area contributed by atoms with Crippen LogP contribution in [0.4, 0.5) is 5.69 Å². The Labute approximate surface area is 610 Å². The van der Waals surface area contributed by atoms with E-state index in [4.69, 9.17) is 44.8 Å². The van der Waals surface area contributed by atoms with E-state index in [1.54, 1.807) is 70.9 Å². The average Bonchev–Trinajstić information content (AvgIpc) is 0.857. The van der Waals surface area contributed by atoms with Gasteiger partial charge in [-0.1, -0.05) is 123 Å². The Morgan fingerprint density at radius 1 is 0.755 bits per heavy atom. The minimum atomic E-state index is -1.92. The monoisotopic (exact) mass is 1430 g/mol. The van der Waals surface area contributed by atoms with Crippen molar-refractivity contribution in [3.05, 3.63) is 123 Å². The summed E-state index contributed by atoms with van der Waals surface area (Å²) in [4.78, 5) is 102. The maximum atomic E-state index is 14.5. The van der Waals surface area contributed by atoms with Gasteiger partial charge in [0.05, 0.1) is 82.8 Å². The summed E-state index contributed by atoms with van der Waals surface area (Å²) < 4.78 is 40.5. The number of ether oxygens (including phenoxy) is 7. The van der Waals surface area contributed by atoms with Crippen LogP contribution in [0.15, 0.2) is 84.5 Å². The molecule has 0 radical (unpaired) electrons. The van der Waals surface area contributed by atoms with Crippen molar-refractivity contribution in [1.82, 2.24) is 14.7 Å². The Bertz CT molecular complexity index is 3430. The Balaban J connectivity index is 0.727. The number of carbonyl (C=O) groups excluding carboxylic acids is 7. The second kappa shape index (κ2) is 40.5. The lowest BCUT2D eigenvalue weighted by atomic mass is 9.71. The van der Waals surface area contributed by atoms with Crippen molar-refractivity contribution < 1.29 is 76.9 Å². The minimum absolute atomic E-state index is 0.0147. The molecule has 2 aliphatic heterocycles. The molecule has 0 aromatic heterocycles. The lowest BCUT2D eigenvalue weighted by Gasteiger charge is -2.46. The fourth-order valence-corrected chi connectivity index (χ4v) is 14.5. The number of rotatable bonds is 32.